The van der Waals surface area contributed by atoms with Crippen molar-refractivity contribution in [2.75, 3.05) is 40.3 Å². The van der Waals surface area contributed by atoms with Crippen LogP contribution in [0.1, 0.15) is 19.8 Å². The molecule has 1 heterocycles. The van der Waals surface area contributed by atoms with Crippen LogP contribution in [0.5, 0.6) is 0 Å². The largest absolute Gasteiger partial charge is 0.466 e. The third-order valence-electron chi connectivity index (χ3n) is 3.07. The number of likely N-dealkylation sites (N-methyl/N-ethyl adjacent to an activating group) is 1. The van der Waals surface area contributed by atoms with E-state index in [9.17, 15) is 9.59 Å². The first-order valence-corrected chi connectivity index (χ1v) is 6.13. The standard InChI is InChI=1S/C12H22N2O3/c1-4-17-12(16)10-5-7-14(8-6-10)9-11(15)13(2)3/h10H,4-9H2,1-3H3. The molecule has 0 aliphatic carbocycles. The van der Waals surface area contributed by atoms with E-state index in [1.54, 1.807) is 19.0 Å². The molecule has 0 unspecified atom stereocenters. The fourth-order valence-corrected chi connectivity index (χ4v) is 1.92. The van der Waals surface area contributed by atoms with Gasteiger partial charge in [0.2, 0.25) is 5.91 Å². The summed E-state index contributed by atoms with van der Waals surface area (Å²) in [7, 11) is 3.52. The average molecular weight is 242 g/mol. The van der Waals surface area contributed by atoms with E-state index < -0.39 is 0 Å². The van der Waals surface area contributed by atoms with Gasteiger partial charge in [-0.2, -0.15) is 0 Å². The maximum absolute atomic E-state index is 11.5. The molecule has 0 aromatic rings. The highest BCUT2D eigenvalue weighted by Gasteiger charge is 2.26. The van der Waals surface area contributed by atoms with Crippen molar-refractivity contribution in [1.29, 1.82) is 0 Å². The monoisotopic (exact) mass is 242 g/mol. The quantitative estimate of drug-likeness (QED) is 0.667. The minimum Gasteiger partial charge on any atom is -0.466 e. The van der Waals surface area contributed by atoms with Crippen LogP contribution in [0.4, 0.5) is 0 Å². The van der Waals surface area contributed by atoms with E-state index >= 15 is 0 Å². The van der Waals surface area contributed by atoms with Crippen molar-refractivity contribution in [3.63, 3.8) is 0 Å². The number of carbonyl (C=O) groups is 2. The summed E-state index contributed by atoms with van der Waals surface area (Å²) >= 11 is 0. The second-order valence-corrected chi connectivity index (χ2v) is 4.59. The van der Waals surface area contributed by atoms with Crippen molar-refractivity contribution in [3.05, 3.63) is 0 Å². The first-order chi connectivity index (χ1) is 8.04. The Labute approximate surface area is 103 Å². The van der Waals surface area contributed by atoms with Gasteiger partial charge in [0.25, 0.3) is 0 Å². The fraction of sp³-hybridized carbons (Fsp3) is 0.833. The van der Waals surface area contributed by atoms with Crippen molar-refractivity contribution in [2.45, 2.75) is 19.8 Å². The molecule has 0 aromatic carbocycles. The molecule has 1 saturated heterocycles. The van der Waals surface area contributed by atoms with Gasteiger partial charge in [-0.1, -0.05) is 0 Å². The van der Waals surface area contributed by atoms with Crippen LogP contribution in [0.2, 0.25) is 0 Å². The molecule has 0 bridgehead atoms. The maximum Gasteiger partial charge on any atom is 0.309 e. The van der Waals surface area contributed by atoms with E-state index in [1.165, 1.54) is 0 Å². The Balaban J connectivity index is 2.31. The molecule has 0 aromatic heterocycles. The fourth-order valence-electron chi connectivity index (χ4n) is 1.92. The highest BCUT2D eigenvalue weighted by atomic mass is 16.5. The number of nitrogens with zero attached hydrogens (tertiary/aromatic N) is 2. The average Bonchev–Trinajstić information content (AvgIpc) is 2.30. The number of carbonyl (C=O) groups excluding carboxylic acids is 2. The predicted molar refractivity (Wildman–Crippen MR) is 64.5 cm³/mol. The molecular formula is C12H22N2O3. The number of esters is 1. The minimum atomic E-state index is -0.0916. The number of ether oxygens (including phenoxy) is 1. The molecule has 98 valence electrons. The molecule has 0 atom stereocenters. The molecule has 1 rings (SSSR count). The van der Waals surface area contributed by atoms with Gasteiger partial charge >= 0.3 is 5.97 Å². The Hall–Kier alpha value is -1.10. The first kappa shape index (κ1) is 14.0. The third kappa shape index (κ3) is 4.34. The topological polar surface area (TPSA) is 49.9 Å². The van der Waals surface area contributed by atoms with Gasteiger partial charge in [0, 0.05) is 14.1 Å². The smallest absolute Gasteiger partial charge is 0.309 e. The van der Waals surface area contributed by atoms with Crippen molar-refractivity contribution < 1.29 is 14.3 Å². The zero-order valence-corrected chi connectivity index (χ0v) is 10.9. The van der Waals surface area contributed by atoms with E-state index in [0.29, 0.717) is 13.2 Å². The van der Waals surface area contributed by atoms with E-state index in [2.05, 4.69) is 4.90 Å². The Morgan fingerprint density at radius 1 is 1.29 bits per heavy atom. The van der Waals surface area contributed by atoms with Crippen LogP contribution < -0.4 is 0 Å². The van der Waals surface area contributed by atoms with Crippen LogP contribution in [0.25, 0.3) is 0 Å². The van der Waals surface area contributed by atoms with Crippen molar-refractivity contribution >= 4 is 11.9 Å². The normalized spacial score (nSPS) is 17.8. The predicted octanol–water partition coefficient (Wildman–Crippen LogP) is 0.350. The molecular weight excluding hydrogens is 220 g/mol. The summed E-state index contributed by atoms with van der Waals surface area (Å²) in [6, 6.07) is 0. The number of piperidine rings is 1. The minimum absolute atomic E-state index is 0.0145. The van der Waals surface area contributed by atoms with E-state index in [-0.39, 0.29) is 17.8 Å². The number of amides is 1. The van der Waals surface area contributed by atoms with E-state index in [0.717, 1.165) is 25.9 Å². The van der Waals surface area contributed by atoms with Crippen molar-refractivity contribution in [3.8, 4) is 0 Å². The SMILES string of the molecule is CCOC(=O)C1CCN(CC(=O)N(C)C)CC1. The van der Waals surface area contributed by atoms with Crippen LogP contribution in [0.15, 0.2) is 0 Å². The lowest BCUT2D eigenvalue weighted by Crippen LogP contribution is -2.42. The van der Waals surface area contributed by atoms with Gasteiger partial charge in [0.15, 0.2) is 0 Å². The second-order valence-electron chi connectivity index (χ2n) is 4.59. The highest BCUT2D eigenvalue weighted by molar-refractivity contribution is 5.77. The third-order valence-corrected chi connectivity index (χ3v) is 3.07. The Morgan fingerprint density at radius 2 is 1.88 bits per heavy atom. The summed E-state index contributed by atoms with van der Waals surface area (Å²) in [6.07, 6.45) is 1.58. The zero-order valence-electron chi connectivity index (χ0n) is 10.9. The number of hydrogen-bond donors (Lipinski definition) is 0. The summed E-state index contributed by atoms with van der Waals surface area (Å²) in [5.41, 5.74) is 0. The lowest BCUT2D eigenvalue weighted by Gasteiger charge is -2.30. The van der Waals surface area contributed by atoms with E-state index in [1.807, 2.05) is 6.92 Å². The zero-order chi connectivity index (χ0) is 12.8. The van der Waals surface area contributed by atoms with Crippen LogP contribution in [0, 0.1) is 5.92 Å². The highest BCUT2D eigenvalue weighted by Crippen LogP contribution is 2.18. The summed E-state index contributed by atoms with van der Waals surface area (Å²) in [4.78, 5) is 26.7. The Kier molecular flexibility index (Phi) is 5.41. The lowest BCUT2D eigenvalue weighted by molar-refractivity contribution is -0.149. The molecule has 17 heavy (non-hydrogen) atoms. The molecule has 1 aliphatic rings. The van der Waals surface area contributed by atoms with Gasteiger partial charge in [-0.05, 0) is 32.9 Å². The van der Waals surface area contributed by atoms with Crippen molar-refractivity contribution in [1.82, 2.24) is 9.80 Å². The van der Waals surface area contributed by atoms with E-state index in [4.69, 9.17) is 4.74 Å². The summed E-state index contributed by atoms with van der Waals surface area (Å²) in [5.74, 6) is 0.0336. The molecule has 1 amide bonds. The Bertz CT molecular complexity index is 271. The van der Waals surface area contributed by atoms with Crippen LogP contribution in [0.3, 0.4) is 0 Å². The summed E-state index contributed by atoms with van der Waals surface area (Å²) in [6.45, 7) is 4.30. The second kappa shape index (κ2) is 6.59. The molecule has 5 nitrogen and oxygen atoms in total. The van der Waals surface area contributed by atoms with Gasteiger partial charge in [0.1, 0.15) is 0 Å². The number of hydrogen-bond acceptors (Lipinski definition) is 4. The maximum atomic E-state index is 11.5. The van der Waals surface area contributed by atoms with Gasteiger partial charge in [-0.3, -0.25) is 14.5 Å². The van der Waals surface area contributed by atoms with Gasteiger partial charge in [-0.15, -0.1) is 0 Å². The Morgan fingerprint density at radius 3 is 2.35 bits per heavy atom. The molecule has 0 radical (unpaired) electrons. The van der Waals surface area contributed by atoms with Crippen molar-refractivity contribution in [2.24, 2.45) is 5.92 Å². The first-order valence-electron chi connectivity index (χ1n) is 6.13. The molecule has 0 saturated carbocycles. The van der Waals surface area contributed by atoms with Gasteiger partial charge < -0.3 is 9.64 Å². The van der Waals surface area contributed by atoms with Crippen LogP contribution in [-0.4, -0.2) is 62.0 Å². The summed E-state index contributed by atoms with van der Waals surface area (Å²) in [5, 5.41) is 0. The molecule has 0 N–H and O–H groups in total. The van der Waals surface area contributed by atoms with Crippen LogP contribution in [-0.2, 0) is 14.3 Å². The molecule has 1 aliphatic heterocycles. The molecule has 5 heteroatoms. The van der Waals surface area contributed by atoms with Gasteiger partial charge in [-0.25, -0.2) is 0 Å². The van der Waals surface area contributed by atoms with Crippen LogP contribution >= 0.6 is 0 Å². The summed E-state index contributed by atoms with van der Waals surface area (Å²) < 4.78 is 5.00. The number of likely N-dealkylation sites (tertiary alicyclic amines) is 1. The number of rotatable bonds is 4. The van der Waals surface area contributed by atoms with Gasteiger partial charge in [0.05, 0.1) is 19.1 Å². The lowest BCUT2D eigenvalue weighted by atomic mass is 9.97. The molecule has 0 spiro atoms. The molecule has 1 fully saturated rings.